The van der Waals surface area contributed by atoms with Crippen LogP contribution in [0.5, 0.6) is 0 Å². The third-order valence-corrected chi connectivity index (χ3v) is 2.32. The lowest BCUT2D eigenvalue weighted by Crippen LogP contribution is -2.36. The van der Waals surface area contributed by atoms with Gasteiger partial charge in [0.1, 0.15) is 0 Å². The number of fused-ring (bicyclic) bond motifs is 1. The first-order valence-electron chi connectivity index (χ1n) is 4.29. The number of benzene rings is 1. The van der Waals surface area contributed by atoms with Gasteiger partial charge in [0.15, 0.2) is 0 Å². The minimum atomic E-state index is 0.109. The number of hydrogen-bond donors (Lipinski definition) is 1. The molecule has 0 spiro atoms. The first-order chi connectivity index (χ1) is 6.18. The number of aryl methyl sites for hydroxylation is 1. The van der Waals surface area contributed by atoms with Crippen LogP contribution in [0.15, 0.2) is 18.2 Å². The highest BCUT2D eigenvalue weighted by atomic mass is 16.2. The predicted molar refractivity (Wildman–Crippen MR) is 53.1 cm³/mol. The molecule has 1 heterocycles. The van der Waals surface area contributed by atoms with Gasteiger partial charge in [-0.3, -0.25) is 4.79 Å². The second kappa shape index (κ2) is 2.76. The van der Waals surface area contributed by atoms with Gasteiger partial charge in [0.2, 0.25) is 5.91 Å². The van der Waals surface area contributed by atoms with E-state index in [1.807, 2.05) is 25.1 Å². The van der Waals surface area contributed by atoms with Crippen LogP contribution in [-0.2, 0) is 4.79 Å². The average Bonchev–Trinajstić information content (AvgIpc) is 2.12. The number of nitrogens with zero attached hydrogens (tertiary/aromatic N) is 1. The summed E-state index contributed by atoms with van der Waals surface area (Å²) in [4.78, 5) is 13.0. The van der Waals surface area contributed by atoms with Crippen molar-refractivity contribution in [3.8, 4) is 0 Å². The fourth-order valence-corrected chi connectivity index (χ4v) is 1.49. The smallest absolute Gasteiger partial charge is 0.246 e. The maximum atomic E-state index is 11.3. The SMILES string of the molecule is Cc1ccc2c(c1)N(C)C(=O)CN2. The van der Waals surface area contributed by atoms with E-state index >= 15 is 0 Å². The van der Waals surface area contributed by atoms with Crippen molar-refractivity contribution in [3.63, 3.8) is 0 Å². The summed E-state index contributed by atoms with van der Waals surface area (Å²) in [5, 5.41) is 3.08. The van der Waals surface area contributed by atoms with E-state index in [0.717, 1.165) is 11.4 Å². The van der Waals surface area contributed by atoms with Crippen molar-refractivity contribution in [2.45, 2.75) is 6.92 Å². The van der Waals surface area contributed by atoms with E-state index in [1.54, 1.807) is 11.9 Å². The van der Waals surface area contributed by atoms with Crippen LogP contribution in [0.1, 0.15) is 5.56 Å². The second-order valence-corrected chi connectivity index (χ2v) is 3.33. The zero-order chi connectivity index (χ0) is 9.42. The summed E-state index contributed by atoms with van der Waals surface area (Å²) in [6, 6.07) is 6.06. The zero-order valence-electron chi connectivity index (χ0n) is 7.79. The van der Waals surface area contributed by atoms with Gasteiger partial charge in [-0.2, -0.15) is 0 Å². The summed E-state index contributed by atoms with van der Waals surface area (Å²) in [7, 11) is 1.81. The Morgan fingerprint density at radius 2 is 2.23 bits per heavy atom. The number of carbonyl (C=O) groups excluding carboxylic acids is 1. The van der Waals surface area contributed by atoms with Crippen molar-refractivity contribution in [3.05, 3.63) is 23.8 Å². The molecule has 0 radical (unpaired) electrons. The van der Waals surface area contributed by atoms with Crippen molar-refractivity contribution in [1.29, 1.82) is 0 Å². The van der Waals surface area contributed by atoms with Crippen molar-refractivity contribution in [1.82, 2.24) is 0 Å². The van der Waals surface area contributed by atoms with Crippen LogP contribution in [-0.4, -0.2) is 19.5 Å². The Balaban J connectivity index is 2.51. The Morgan fingerprint density at radius 1 is 1.46 bits per heavy atom. The molecule has 1 aliphatic heterocycles. The number of amides is 1. The Morgan fingerprint density at radius 3 is 3.00 bits per heavy atom. The molecule has 1 aromatic carbocycles. The quantitative estimate of drug-likeness (QED) is 0.647. The van der Waals surface area contributed by atoms with Gasteiger partial charge in [-0.05, 0) is 24.6 Å². The molecule has 13 heavy (non-hydrogen) atoms. The van der Waals surface area contributed by atoms with Gasteiger partial charge in [-0.1, -0.05) is 6.07 Å². The monoisotopic (exact) mass is 176 g/mol. The third-order valence-electron chi connectivity index (χ3n) is 2.32. The topological polar surface area (TPSA) is 32.3 Å². The summed E-state index contributed by atoms with van der Waals surface area (Å²) >= 11 is 0. The van der Waals surface area contributed by atoms with E-state index < -0.39 is 0 Å². The lowest BCUT2D eigenvalue weighted by molar-refractivity contribution is -0.116. The first-order valence-corrected chi connectivity index (χ1v) is 4.29. The van der Waals surface area contributed by atoms with Crippen molar-refractivity contribution in [2.75, 3.05) is 23.8 Å². The minimum absolute atomic E-state index is 0.109. The second-order valence-electron chi connectivity index (χ2n) is 3.33. The minimum Gasteiger partial charge on any atom is -0.374 e. The van der Waals surface area contributed by atoms with E-state index in [0.29, 0.717) is 6.54 Å². The molecule has 0 saturated carbocycles. The maximum absolute atomic E-state index is 11.3. The van der Waals surface area contributed by atoms with Crippen LogP contribution in [0.2, 0.25) is 0 Å². The summed E-state index contributed by atoms with van der Waals surface area (Å²) in [6.07, 6.45) is 0. The molecule has 1 aromatic rings. The summed E-state index contributed by atoms with van der Waals surface area (Å²) < 4.78 is 0. The molecule has 0 saturated heterocycles. The highest BCUT2D eigenvalue weighted by Gasteiger charge is 2.19. The number of anilines is 2. The Kier molecular flexibility index (Phi) is 1.72. The van der Waals surface area contributed by atoms with E-state index in [4.69, 9.17) is 0 Å². The van der Waals surface area contributed by atoms with E-state index in [9.17, 15) is 4.79 Å². The fraction of sp³-hybridized carbons (Fsp3) is 0.300. The van der Waals surface area contributed by atoms with Crippen molar-refractivity contribution in [2.24, 2.45) is 0 Å². The van der Waals surface area contributed by atoms with Gasteiger partial charge < -0.3 is 10.2 Å². The average molecular weight is 176 g/mol. The van der Waals surface area contributed by atoms with Crippen molar-refractivity contribution < 1.29 is 4.79 Å². The Hall–Kier alpha value is -1.51. The molecular formula is C10H12N2O. The summed E-state index contributed by atoms with van der Waals surface area (Å²) in [5.41, 5.74) is 3.17. The standard InChI is InChI=1S/C10H12N2O/c1-7-3-4-8-9(5-7)12(2)10(13)6-11-8/h3-5,11H,6H2,1-2H3. The van der Waals surface area contributed by atoms with Crippen LogP contribution < -0.4 is 10.2 Å². The number of likely N-dealkylation sites (N-methyl/N-ethyl adjacent to an activating group) is 1. The first kappa shape index (κ1) is 8.10. The molecule has 1 amide bonds. The Bertz CT molecular complexity index is 360. The molecule has 3 heteroatoms. The number of hydrogen-bond acceptors (Lipinski definition) is 2. The Labute approximate surface area is 77.4 Å². The highest BCUT2D eigenvalue weighted by Crippen LogP contribution is 2.28. The van der Waals surface area contributed by atoms with Crippen LogP contribution in [0, 0.1) is 6.92 Å². The molecule has 1 aliphatic rings. The molecule has 0 bridgehead atoms. The molecule has 0 aliphatic carbocycles. The molecule has 1 N–H and O–H groups in total. The zero-order valence-corrected chi connectivity index (χ0v) is 7.79. The molecule has 0 atom stereocenters. The van der Waals surface area contributed by atoms with Gasteiger partial charge >= 0.3 is 0 Å². The maximum Gasteiger partial charge on any atom is 0.246 e. The molecule has 2 rings (SSSR count). The fourth-order valence-electron chi connectivity index (χ4n) is 1.49. The molecule has 68 valence electrons. The number of rotatable bonds is 0. The van der Waals surface area contributed by atoms with Gasteiger partial charge in [0, 0.05) is 7.05 Å². The van der Waals surface area contributed by atoms with Gasteiger partial charge in [0.05, 0.1) is 17.9 Å². The van der Waals surface area contributed by atoms with Gasteiger partial charge in [-0.15, -0.1) is 0 Å². The van der Waals surface area contributed by atoms with Crippen LogP contribution in [0.3, 0.4) is 0 Å². The van der Waals surface area contributed by atoms with Gasteiger partial charge in [0.25, 0.3) is 0 Å². The molecule has 3 nitrogen and oxygen atoms in total. The summed E-state index contributed by atoms with van der Waals surface area (Å²) in [5.74, 6) is 0.109. The molecule has 0 fully saturated rings. The van der Waals surface area contributed by atoms with E-state index in [1.165, 1.54) is 5.56 Å². The third kappa shape index (κ3) is 1.26. The number of carbonyl (C=O) groups is 1. The van der Waals surface area contributed by atoms with Crippen LogP contribution in [0.4, 0.5) is 11.4 Å². The largest absolute Gasteiger partial charge is 0.374 e. The van der Waals surface area contributed by atoms with Gasteiger partial charge in [-0.25, -0.2) is 0 Å². The van der Waals surface area contributed by atoms with Crippen molar-refractivity contribution >= 4 is 17.3 Å². The van der Waals surface area contributed by atoms with E-state index in [-0.39, 0.29) is 5.91 Å². The van der Waals surface area contributed by atoms with E-state index in [2.05, 4.69) is 5.32 Å². The molecule has 0 aromatic heterocycles. The van der Waals surface area contributed by atoms with Crippen LogP contribution in [0.25, 0.3) is 0 Å². The normalized spacial score (nSPS) is 15.2. The lowest BCUT2D eigenvalue weighted by Gasteiger charge is -2.26. The predicted octanol–water partition coefficient (Wildman–Crippen LogP) is 1.38. The van der Waals surface area contributed by atoms with Crippen LogP contribution >= 0.6 is 0 Å². The number of nitrogens with one attached hydrogen (secondary N) is 1. The highest BCUT2D eigenvalue weighted by molar-refractivity contribution is 6.02. The molecule has 0 unspecified atom stereocenters. The molecular weight excluding hydrogens is 164 g/mol. The summed E-state index contributed by atoms with van der Waals surface area (Å²) in [6.45, 7) is 2.42. The lowest BCUT2D eigenvalue weighted by atomic mass is 10.1.